The average Bonchev–Trinajstić information content (AvgIpc) is 3.59. The number of anilines is 3. The number of rotatable bonds is 7. The highest BCUT2D eigenvalue weighted by Gasteiger charge is 2.26. The highest BCUT2D eigenvalue weighted by Crippen LogP contribution is 2.42. The van der Waals surface area contributed by atoms with Crippen LogP contribution in [-0.2, 0) is 5.41 Å². The van der Waals surface area contributed by atoms with Gasteiger partial charge in [0, 0.05) is 38.6 Å². The van der Waals surface area contributed by atoms with Gasteiger partial charge < -0.3 is 9.47 Å². The quantitative estimate of drug-likeness (QED) is 0.160. The fourth-order valence-corrected chi connectivity index (χ4v) is 8.42. The first-order valence-corrected chi connectivity index (χ1v) is 19.2. The van der Waals surface area contributed by atoms with Gasteiger partial charge in [0.05, 0.1) is 16.7 Å². The van der Waals surface area contributed by atoms with Crippen molar-refractivity contribution < 1.29 is 0 Å². The largest absolute Gasteiger partial charge is 0.310 e. The molecule has 1 unspecified atom stereocenters. The van der Waals surface area contributed by atoms with Crippen molar-refractivity contribution in [3.8, 4) is 22.3 Å². The summed E-state index contributed by atoms with van der Waals surface area (Å²) in [5, 5.41) is 4.97. The normalized spacial score (nSPS) is 15.4. The lowest BCUT2D eigenvalue weighted by Gasteiger charge is -2.29. The molecular weight excluding hydrogens is 665 g/mol. The Balaban J connectivity index is 1.02. The highest BCUT2D eigenvalue weighted by atomic mass is 15.1. The monoisotopic (exact) mass is 704 g/mol. The van der Waals surface area contributed by atoms with E-state index in [1.807, 2.05) is 0 Å². The summed E-state index contributed by atoms with van der Waals surface area (Å²) >= 11 is 0. The molecule has 10 rings (SSSR count). The van der Waals surface area contributed by atoms with Crippen LogP contribution in [-0.4, -0.2) is 4.57 Å². The van der Waals surface area contributed by atoms with Crippen LogP contribution in [0.5, 0.6) is 0 Å². The second-order valence-electron chi connectivity index (χ2n) is 14.8. The summed E-state index contributed by atoms with van der Waals surface area (Å²) in [7, 11) is 0. The minimum absolute atomic E-state index is 0.0162. The van der Waals surface area contributed by atoms with Crippen LogP contribution in [0.2, 0.25) is 0 Å². The second kappa shape index (κ2) is 13.5. The number of fused-ring (bicyclic) bond motifs is 4. The molecular formula is C53H40N2. The van der Waals surface area contributed by atoms with E-state index < -0.39 is 0 Å². The van der Waals surface area contributed by atoms with Crippen molar-refractivity contribution in [1.29, 1.82) is 0 Å². The van der Waals surface area contributed by atoms with Crippen LogP contribution < -0.4 is 4.90 Å². The maximum Gasteiger partial charge on any atom is 0.0541 e. The first kappa shape index (κ1) is 32.7. The van der Waals surface area contributed by atoms with Crippen LogP contribution in [0.15, 0.2) is 212 Å². The third kappa shape index (κ3) is 5.84. The lowest BCUT2D eigenvalue weighted by molar-refractivity contribution is 0.599. The summed E-state index contributed by atoms with van der Waals surface area (Å²) in [5.74, 6) is 0. The number of para-hydroxylation sites is 1. The van der Waals surface area contributed by atoms with E-state index in [0.29, 0.717) is 0 Å². The van der Waals surface area contributed by atoms with Crippen LogP contribution in [0.4, 0.5) is 17.1 Å². The number of hydrogen-bond donors (Lipinski definition) is 0. The predicted molar refractivity (Wildman–Crippen MR) is 234 cm³/mol. The Morgan fingerprint density at radius 1 is 0.473 bits per heavy atom. The van der Waals surface area contributed by atoms with E-state index in [0.717, 1.165) is 23.5 Å². The molecule has 1 aromatic heterocycles. The van der Waals surface area contributed by atoms with Crippen molar-refractivity contribution in [2.24, 2.45) is 0 Å². The number of benzene rings is 8. The molecule has 0 saturated heterocycles. The highest BCUT2D eigenvalue weighted by molar-refractivity contribution is 6.11. The third-order valence-electron chi connectivity index (χ3n) is 11.4. The van der Waals surface area contributed by atoms with Crippen molar-refractivity contribution in [1.82, 2.24) is 4.57 Å². The lowest BCUT2D eigenvalue weighted by atomic mass is 9.77. The van der Waals surface area contributed by atoms with Gasteiger partial charge >= 0.3 is 0 Å². The standard InChI is InChI=1S/C53H40N2/c1-53(43-17-6-3-7-18-43)35-33-46(34-36-53)55-51-21-11-10-20-48(51)49-37-42(27-32-52(49)55)40-25-30-45(31-26-40)54(50-22-12-16-41-15-8-9-19-47(41)50)44-28-23-39(24-29-44)38-13-4-2-5-14-38/h2-35,37H,36H2,1H3. The summed E-state index contributed by atoms with van der Waals surface area (Å²) in [6.07, 6.45) is 8.05. The Bertz CT molecular complexity index is 2870. The first-order chi connectivity index (χ1) is 27.1. The average molecular weight is 705 g/mol. The Morgan fingerprint density at radius 2 is 1.04 bits per heavy atom. The van der Waals surface area contributed by atoms with E-state index >= 15 is 0 Å². The van der Waals surface area contributed by atoms with Crippen molar-refractivity contribution in [3.63, 3.8) is 0 Å². The minimum Gasteiger partial charge on any atom is -0.310 e. The molecule has 0 radical (unpaired) electrons. The van der Waals surface area contributed by atoms with Gasteiger partial charge in [0.15, 0.2) is 0 Å². The van der Waals surface area contributed by atoms with E-state index in [4.69, 9.17) is 0 Å². The van der Waals surface area contributed by atoms with Crippen molar-refractivity contribution in [2.75, 3.05) is 4.90 Å². The molecule has 2 heteroatoms. The van der Waals surface area contributed by atoms with Crippen molar-refractivity contribution >= 4 is 55.3 Å². The van der Waals surface area contributed by atoms with E-state index in [1.54, 1.807) is 0 Å². The van der Waals surface area contributed by atoms with Crippen LogP contribution in [0.25, 0.3) is 60.5 Å². The van der Waals surface area contributed by atoms with Gasteiger partial charge in [-0.3, -0.25) is 0 Å². The zero-order valence-corrected chi connectivity index (χ0v) is 30.8. The van der Waals surface area contributed by atoms with Crippen LogP contribution in [0.3, 0.4) is 0 Å². The molecule has 2 nitrogen and oxygen atoms in total. The molecule has 1 aliphatic rings. The second-order valence-corrected chi connectivity index (χ2v) is 14.8. The molecule has 0 amide bonds. The molecule has 0 spiro atoms. The van der Waals surface area contributed by atoms with Crippen molar-refractivity contribution in [2.45, 2.75) is 18.8 Å². The molecule has 9 aromatic rings. The molecule has 262 valence electrons. The number of hydrogen-bond acceptors (Lipinski definition) is 1. The van der Waals surface area contributed by atoms with E-state index in [2.05, 4.69) is 229 Å². The van der Waals surface area contributed by atoms with Crippen LogP contribution in [0, 0.1) is 0 Å². The van der Waals surface area contributed by atoms with Gasteiger partial charge in [-0.05, 0) is 94.2 Å². The molecule has 1 heterocycles. The van der Waals surface area contributed by atoms with Gasteiger partial charge in [-0.2, -0.15) is 0 Å². The number of allylic oxidation sites excluding steroid dienone is 4. The predicted octanol–water partition coefficient (Wildman–Crippen LogP) is 14.5. The topological polar surface area (TPSA) is 8.17 Å². The molecule has 0 fully saturated rings. The number of nitrogens with zero attached hydrogens (tertiary/aromatic N) is 2. The molecule has 0 bridgehead atoms. The zero-order valence-electron chi connectivity index (χ0n) is 30.8. The molecule has 1 atom stereocenters. The number of aromatic nitrogens is 1. The maximum atomic E-state index is 2.43. The molecule has 0 saturated carbocycles. The van der Waals surface area contributed by atoms with Gasteiger partial charge in [-0.1, -0.05) is 165 Å². The lowest BCUT2D eigenvalue weighted by Crippen LogP contribution is -2.20. The summed E-state index contributed by atoms with van der Waals surface area (Å²) in [6, 6.07) is 70.4. The Hall–Kier alpha value is -6.90. The van der Waals surface area contributed by atoms with Crippen LogP contribution >= 0.6 is 0 Å². The molecule has 0 aliphatic heterocycles. The van der Waals surface area contributed by atoms with Gasteiger partial charge in [0.25, 0.3) is 0 Å². The maximum absolute atomic E-state index is 2.43. The fourth-order valence-electron chi connectivity index (χ4n) is 8.42. The molecule has 0 N–H and O–H groups in total. The summed E-state index contributed by atoms with van der Waals surface area (Å²) < 4.78 is 2.43. The Kier molecular flexibility index (Phi) is 8.03. The van der Waals surface area contributed by atoms with Gasteiger partial charge in [0.1, 0.15) is 0 Å². The van der Waals surface area contributed by atoms with Crippen LogP contribution in [0.1, 0.15) is 18.9 Å². The minimum atomic E-state index is -0.0162. The zero-order chi connectivity index (χ0) is 36.8. The first-order valence-electron chi connectivity index (χ1n) is 19.2. The third-order valence-corrected chi connectivity index (χ3v) is 11.4. The summed E-state index contributed by atoms with van der Waals surface area (Å²) in [6.45, 7) is 2.33. The smallest absolute Gasteiger partial charge is 0.0541 e. The summed E-state index contributed by atoms with van der Waals surface area (Å²) in [4.78, 5) is 2.38. The Labute approximate surface area is 322 Å². The van der Waals surface area contributed by atoms with Crippen molar-refractivity contribution in [3.05, 3.63) is 218 Å². The van der Waals surface area contributed by atoms with Gasteiger partial charge in [-0.25, -0.2) is 0 Å². The van der Waals surface area contributed by atoms with Gasteiger partial charge in [0.2, 0.25) is 0 Å². The molecule has 1 aliphatic carbocycles. The SMILES string of the molecule is CC1(c2ccccc2)C=CC(n2c3ccccc3c3cc(-c4ccc(N(c5ccc(-c6ccccc6)cc5)c5cccc6ccccc56)cc4)ccc32)=CC1. The van der Waals surface area contributed by atoms with Gasteiger partial charge in [-0.15, -0.1) is 0 Å². The van der Waals surface area contributed by atoms with E-state index in [9.17, 15) is 0 Å². The fraction of sp³-hybridized carbons (Fsp3) is 0.0566. The Morgan fingerprint density at radius 3 is 1.75 bits per heavy atom. The van der Waals surface area contributed by atoms with E-state index in [-0.39, 0.29) is 5.41 Å². The summed E-state index contributed by atoms with van der Waals surface area (Å²) in [5.41, 5.74) is 13.2. The molecule has 8 aromatic carbocycles. The molecule has 55 heavy (non-hydrogen) atoms. The van der Waals surface area contributed by atoms with E-state index in [1.165, 1.54) is 66.1 Å².